The van der Waals surface area contributed by atoms with Crippen LogP contribution in [0.5, 0.6) is 11.5 Å². The highest BCUT2D eigenvalue weighted by molar-refractivity contribution is 6.22. The molecule has 0 spiro atoms. The van der Waals surface area contributed by atoms with Crippen LogP contribution in [0.15, 0.2) is 54.6 Å². The van der Waals surface area contributed by atoms with Gasteiger partial charge in [-0.3, -0.25) is 43.8 Å². The third kappa shape index (κ3) is 11.2. The molecule has 0 saturated carbocycles. The van der Waals surface area contributed by atoms with Crippen LogP contribution in [0.3, 0.4) is 0 Å². The molecule has 7 rings (SSSR count). The number of piperazine rings is 1. The molecule has 0 bridgehead atoms. The molecule has 2 fully saturated rings. The molecule has 3 aliphatic heterocycles. The second-order valence-corrected chi connectivity index (χ2v) is 17.4. The van der Waals surface area contributed by atoms with Crippen LogP contribution in [-0.2, 0) is 27.9 Å². The Morgan fingerprint density at radius 3 is 2.32 bits per heavy atom. The summed E-state index contributed by atoms with van der Waals surface area (Å²) in [6.45, 7) is 7.31. The first-order chi connectivity index (χ1) is 31.6. The highest BCUT2D eigenvalue weighted by atomic mass is 16.5. The molecule has 1 unspecified atom stereocenters. The number of benzene rings is 3. The van der Waals surface area contributed by atoms with Crippen LogP contribution in [0.4, 0.5) is 5.69 Å². The van der Waals surface area contributed by atoms with Gasteiger partial charge in [0.05, 0.1) is 67.0 Å². The maximum atomic E-state index is 13.9. The van der Waals surface area contributed by atoms with Crippen LogP contribution in [0.25, 0.3) is 10.9 Å². The highest BCUT2D eigenvalue weighted by Gasteiger charge is 2.42. The molecular formula is C50H62N8O7. The molecule has 0 radical (unpaired) electrons. The predicted molar refractivity (Wildman–Crippen MR) is 247 cm³/mol. The van der Waals surface area contributed by atoms with Crippen molar-refractivity contribution in [1.29, 1.82) is 5.26 Å². The summed E-state index contributed by atoms with van der Waals surface area (Å²) in [7, 11) is 3.37. The number of nitrogens with one attached hydrogen (secondary N) is 2. The normalized spacial score (nSPS) is 17.3. The van der Waals surface area contributed by atoms with E-state index in [0.717, 1.165) is 74.9 Å². The summed E-state index contributed by atoms with van der Waals surface area (Å²) in [4.78, 5) is 70.7. The number of aromatic nitrogens is 2. The van der Waals surface area contributed by atoms with E-state index < -0.39 is 12.0 Å². The number of piperidine rings is 1. The molecule has 65 heavy (non-hydrogen) atoms. The first kappa shape index (κ1) is 46.9. The quantitative estimate of drug-likeness (QED) is 0.0610. The lowest BCUT2D eigenvalue weighted by atomic mass is 9.93. The monoisotopic (exact) mass is 886 g/mol. The van der Waals surface area contributed by atoms with E-state index in [0.29, 0.717) is 65.6 Å². The number of amides is 5. The van der Waals surface area contributed by atoms with Crippen LogP contribution >= 0.6 is 0 Å². The van der Waals surface area contributed by atoms with Gasteiger partial charge in [0.15, 0.2) is 11.5 Å². The summed E-state index contributed by atoms with van der Waals surface area (Å²) >= 11 is 0. The minimum atomic E-state index is -0.746. The van der Waals surface area contributed by atoms with Gasteiger partial charge >= 0.3 is 0 Å². The van der Waals surface area contributed by atoms with Crippen LogP contribution in [0, 0.1) is 11.3 Å². The summed E-state index contributed by atoms with van der Waals surface area (Å²) in [6.07, 6.45) is 11.8. The Hall–Kier alpha value is -6.11. The van der Waals surface area contributed by atoms with Crippen molar-refractivity contribution in [2.45, 2.75) is 102 Å². The number of methoxy groups -OCH3 is 1. The number of imide groups is 2. The first-order valence-electron chi connectivity index (χ1n) is 23.3. The Bertz CT molecular complexity index is 2420. The van der Waals surface area contributed by atoms with Gasteiger partial charge in [0, 0.05) is 50.7 Å². The number of rotatable bonds is 22. The zero-order valence-corrected chi connectivity index (χ0v) is 38.0. The summed E-state index contributed by atoms with van der Waals surface area (Å²) < 4.78 is 12.9. The number of fused-ring (bicyclic) bond motifs is 2. The van der Waals surface area contributed by atoms with E-state index in [-0.39, 0.29) is 36.0 Å². The summed E-state index contributed by atoms with van der Waals surface area (Å²) in [5.74, 6) is -0.773. The number of anilines is 1. The van der Waals surface area contributed by atoms with E-state index in [4.69, 9.17) is 9.47 Å². The molecule has 4 aromatic rings. The number of ether oxygens (including phenoxy) is 2. The van der Waals surface area contributed by atoms with Crippen molar-refractivity contribution in [3.63, 3.8) is 0 Å². The number of nitrogens with zero attached hydrogens (tertiary/aromatic N) is 6. The van der Waals surface area contributed by atoms with Crippen molar-refractivity contribution >= 4 is 46.1 Å². The van der Waals surface area contributed by atoms with Gasteiger partial charge in [0.1, 0.15) is 0 Å². The molecule has 2 N–H and O–H groups in total. The fourth-order valence-corrected chi connectivity index (χ4v) is 9.52. The van der Waals surface area contributed by atoms with E-state index in [1.54, 1.807) is 36.1 Å². The number of aryl methyl sites for hydroxylation is 2. The Labute approximate surface area is 381 Å². The number of carbonyl (C=O) groups excluding carboxylic acids is 5. The van der Waals surface area contributed by atoms with Crippen molar-refractivity contribution in [2.75, 3.05) is 58.3 Å². The average Bonchev–Trinajstić information content (AvgIpc) is 3.76. The number of hydrogen-bond donors (Lipinski definition) is 2. The molecule has 15 heteroatoms. The minimum Gasteiger partial charge on any atom is -0.493 e. The van der Waals surface area contributed by atoms with Crippen LogP contribution < -0.4 is 20.1 Å². The predicted octanol–water partition coefficient (Wildman–Crippen LogP) is 7.06. The SMILES string of the molecule is CCOc1cc([C@@H](CC#N)N2C(=O)c3cccc(CCCCCCCCCCCN4CCN(CC(=O)Nc5ccc6c(C7CCC(=O)NC7=O)nn(C)c6c5)CC4)c3C2=O)ccc1OC. The van der Waals surface area contributed by atoms with Gasteiger partial charge in [-0.15, -0.1) is 0 Å². The molecule has 2 atom stereocenters. The van der Waals surface area contributed by atoms with Crippen molar-refractivity contribution in [3.8, 4) is 17.6 Å². The average molecular weight is 887 g/mol. The van der Waals surface area contributed by atoms with Crippen LogP contribution in [0.2, 0.25) is 0 Å². The van der Waals surface area contributed by atoms with Gasteiger partial charge in [0.2, 0.25) is 17.7 Å². The van der Waals surface area contributed by atoms with E-state index in [9.17, 15) is 29.2 Å². The second kappa shape index (κ2) is 22.2. The number of unbranched alkanes of at least 4 members (excludes halogenated alkanes) is 8. The number of hydrogen-bond acceptors (Lipinski definition) is 11. The molecule has 15 nitrogen and oxygen atoms in total. The minimum absolute atomic E-state index is 0.0329. The highest BCUT2D eigenvalue weighted by Crippen LogP contribution is 2.39. The van der Waals surface area contributed by atoms with Gasteiger partial charge in [-0.2, -0.15) is 10.4 Å². The molecule has 344 valence electrons. The maximum absolute atomic E-state index is 13.9. The van der Waals surface area contributed by atoms with Gasteiger partial charge in [0.25, 0.3) is 11.8 Å². The lowest BCUT2D eigenvalue weighted by Crippen LogP contribution is -2.48. The van der Waals surface area contributed by atoms with Gasteiger partial charge in [-0.25, -0.2) is 0 Å². The Balaban J connectivity index is 0.752. The van der Waals surface area contributed by atoms with Crippen molar-refractivity contribution in [1.82, 2.24) is 29.8 Å². The van der Waals surface area contributed by atoms with Crippen molar-refractivity contribution in [3.05, 3.63) is 82.5 Å². The summed E-state index contributed by atoms with van der Waals surface area (Å²) in [5.41, 5.74) is 4.55. The first-order valence-corrected chi connectivity index (χ1v) is 23.3. The van der Waals surface area contributed by atoms with E-state index >= 15 is 0 Å². The fourth-order valence-electron chi connectivity index (χ4n) is 9.52. The zero-order chi connectivity index (χ0) is 45.9. The van der Waals surface area contributed by atoms with Gasteiger partial charge in [-0.1, -0.05) is 63.1 Å². The van der Waals surface area contributed by atoms with Crippen LogP contribution in [0.1, 0.15) is 133 Å². The summed E-state index contributed by atoms with van der Waals surface area (Å²) in [6, 6.07) is 17.8. The number of carbonyl (C=O) groups is 5. The lowest BCUT2D eigenvalue weighted by molar-refractivity contribution is -0.134. The molecule has 4 heterocycles. The molecule has 3 aromatic carbocycles. The Morgan fingerprint density at radius 2 is 1.62 bits per heavy atom. The third-order valence-electron chi connectivity index (χ3n) is 13.0. The van der Waals surface area contributed by atoms with E-state index in [1.807, 2.05) is 44.3 Å². The molecule has 1 aromatic heterocycles. The van der Waals surface area contributed by atoms with Crippen molar-refractivity contribution < 1.29 is 33.4 Å². The number of nitriles is 1. The molecule has 5 amide bonds. The fraction of sp³-hybridized carbons (Fsp3) is 0.500. The largest absolute Gasteiger partial charge is 0.493 e. The standard InChI is InChI=1S/C50H62N8O7/c1-4-65-43-31-35(18-22-42(43)64-3)40(24-25-51)58-49(62)38-17-14-16-34(46(38)50(58)63)15-12-10-8-6-5-7-9-11-13-26-56-27-29-57(30-28-56)33-45(60)52-36-19-20-37-41(32-36)55(2)54-47(37)39-21-23-44(59)53-48(39)61/h14,16-20,22,31-32,39-40H,4-13,15,21,23-24,26-30,33H2,1-3H3,(H,52,60)(H,53,59,61)/t39?,40-/m1/s1. The smallest absolute Gasteiger partial charge is 0.262 e. The molecular weight excluding hydrogens is 825 g/mol. The summed E-state index contributed by atoms with van der Waals surface area (Å²) in [5, 5.41) is 20.6. The van der Waals surface area contributed by atoms with Gasteiger partial charge < -0.3 is 19.7 Å². The van der Waals surface area contributed by atoms with Crippen LogP contribution in [-0.4, -0.2) is 107 Å². The molecule has 3 aliphatic rings. The Morgan fingerprint density at radius 1 is 0.892 bits per heavy atom. The third-order valence-corrected chi connectivity index (χ3v) is 13.0. The zero-order valence-electron chi connectivity index (χ0n) is 38.0. The van der Waals surface area contributed by atoms with E-state index in [1.165, 1.54) is 43.4 Å². The molecule has 0 aliphatic carbocycles. The lowest BCUT2D eigenvalue weighted by Gasteiger charge is -2.34. The second-order valence-electron chi connectivity index (χ2n) is 17.4. The topological polar surface area (TPSA) is 179 Å². The van der Waals surface area contributed by atoms with E-state index in [2.05, 4.69) is 31.6 Å². The Kier molecular flexibility index (Phi) is 16.0. The van der Waals surface area contributed by atoms with Crippen molar-refractivity contribution in [2.24, 2.45) is 7.05 Å². The van der Waals surface area contributed by atoms with Gasteiger partial charge in [-0.05, 0) is 86.7 Å². The maximum Gasteiger partial charge on any atom is 0.262 e. The molecule has 2 saturated heterocycles.